The Kier molecular flexibility index (Phi) is 4.19. The first kappa shape index (κ1) is 15.0. The molecule has 3 atom stereocenters. The quantitative estimate of drug-likeness (QED) is 0.918. The molecule has 1 heterocycles. The third-order valence-corrected chi connectivity index (χ3v) is 4.43. The van der Waals surface area contributed by atoms with E-state index in [1.54, 1.807) is 0 Å². The second-order valence-corrected chi connectivity index (χ2v) is 6.38. The van der Waals surface area contributed by atoms with E-state index in [1.165, 1.54) is 16.7 Å². The summed E-state index contributed by atoms with van der Waals surface area (Å²) in [5.74, 6) is 0.649. The molecule has 0 spiro atoms. The summed E-state index contributed by atoms with van der Waals surface area (Å²) in [5.41, 5.74) is 3.71. The zero-order valence-corrected chi connectivity index (χ0v) is 13.4. The van der Waals surface area contributed by atoms with Crippen LogP contribution in [0.5, 0.6) is 0 Å². The van der Waals surface area contributed by atoms with Crippen LogP contribution in [0.25, 0.3) is 0 Å². The lowest BCUT2D eigenvalue weighted by Gasteiger charge is -2.33. The lowest BCUT2D eigenvalue weighted by molar-refractivity contribution is -0.132. The summed E-state index contributed by atoms with van der Waals surface area (Å²) in [7, 11) is 0. The molecule has 0 aliphatic carbocycles. The summed E-state index contributed by atoms with van der Waals surface area (Å²) in [6, 6.07) is 6.57. The molecule has 0 aromatic heterocycles. The van der Waals surface area contributed by atoms with E-state index in [0.29, 0.717) is 5.92 Å². The van der Waals surface area contributed by atoms with Crippen LogP contribution < -0.4 is 5.32 Å². The maximum absolute atomic E-state index is 12.5. The van der Waals surface area contributed by atoms with Gasteiger partial charge < -0.3 is 4.90 Å². The smallest absolute Gasteiger partial charge is 0.241 e. The second kappa shape index (κ2) is 5.57. The van der Waals surface area contributed by atoms with Gasteiger partial charge in [0.05, 0.1) is 6.04 Å². The zero-order valence-electron chi connectivity index (χ0n) is 13.4. The van der Waals surface area contributed by atoms with Crippen LogP contribution in [0.4, 0.5) is 0 Å². The highest BCUT2D eigenvalue weighted by Gasteiger charge is 2.40. The van der Waals surface area contributed by atoms with Gasteiger partial charge in [-0.1, -0.05) is 37.6 Å². The average molecular weight is 274 g/mol. The molecule has 1 N–H and O–H groups in total. The Morgan fingerprint density at radius 1 is 1.20 bits per heavy atom. The molecule has 1 fully saturated rings. The summed E-state index contributed by atoms with van der Waals surface area (Å²) < 4.78 is 0. The lowest BCUT2D eigenvalue weighted by atomic mass is 9.99. The number of hydrogen-bond donors (Lipinski definition) is 1. The van der Waals surface area contributed by atoms with Gasteiger partial charge in [-0.3, -0.25) is 10.1 Å². The van der Waals surface area contributed by atoms with Gasteiger partial charge in [0.25, 0.3) is 0 Å². The van der Waals surface area contributed by atoms with Crippen molar-refractivity contribution in [2.45, 2.75) is 59.8 Å². The Morgan fingerprint density at radius 2 is 1.85 bits per heavy atom. The van der Waals surface area contributed by atoms with E-state index in [0.717, 1.165) is 0 Å². The van der Waals surface area contributed by atoms with E-state index in [-0.39, 0.29) is 24.2 Å². The predicted octanol–water partition coefficient (Wildman–Crippen LogP) is 3.17. The Hall–Kier alpha value is -1.35. The molecule has 3 heteroatoms. The minimum Gasteiger partial charge on any atom is -0.319 e. The third kappa shape index (κ3) is 2.59. The molecule has 110 valence electrons. The van der Waals surface area contributed by atoms with Gasteiger partial charge in [0, 0.05) is 6.04 Å². The lowest BCUT2D eigenvalue weighted by Crippen LogP contribution is -2.41. The monoisotopic (exact) mass is 274 g/mol. The number of nitrogens with zero attached hydrogens (tertiary/aromatic N) is 1. The molecule has 0 saturated carbocycles. The molecule has 3 unspecified atom stereocenters. The molecule has 1 aliphatic heterocycles. The van der Waals surface area contributed by atoms with E-state index >= 15 is 0 Å². The Labute approximate surface area is 122 Å². The highest BCUT2D eigenvalue weighted by atomic mass is 16.2. The number of carbonyl (C=O) groups excluding carboxylic acids is 1. The predicted molar refractivity (Wildman–Crippen MR) is 82.4 cm³/mol. The number of amides is 1. The van der Waals surface area contributed by atoms with Gasteiger partial charge >= 0.3 is 0 Å². The van der Waals surface area contributed by atoms with Gasteiger partial charge in [0.2, 0.25) is 5.91 Å². The number of benzene rings is 1. The van der Waals surface area contributed by atoms with Crippen LogP contribution in [0.3, 0.4) is 0 Å². The summed E-state index contributed by atoms with van der Waals surface area (Å²) >= 11 is 0. The van der Waals surface area contributed by atoms with Crippen LogP contribution in [-0.2, 0) is 4.79 Å². The van der Waals surface area contributed by atoms with Gasteiger partial charge in [-0.15, -0.1) is 0 Å². The molecular weight excluding hydrogens is 248 g/mol. The van der Waals surface area contributed by atoms with Crippen molar-refractivity contribution in [3.8, 4) is 0 Å². The first-order valence-electron chi connectivity index (χ1n) is 7.48. The van der Waals surface area contributed by atoms with Gasteiger partial charge in [0.1, 0.15) is 6.17 Å². The number of nitrogens with one attached hydrogen (secondary N) is 1. The minimum atomic E-state index is -0.109. The van der Waals surface area contributed by atoms with Crippen molar-refractivity contribution in [3.05, 3.63) is 34.9 Å². The Morgan fingerprint density at radius 3 is 2.40 bits per heavy atom. The van der Waals surface area contributed by atoms with Crippen molar-refractivity contribution < 1.29 is 4.79 Å². The van der Waals surface area contributed by atoms with E-state index in [1.807, 2.05) is 11.8 Å². The summed E-state index contributed by atoms with van der Waals surface area (Å²) in [6.07, 6.45) is -0.00417. The molecule has 0 radical (unpaired) electrons. The van der Waals surface area contributed by atoms with Crippen LogP contribution in [0.15, 0.2) is 18.2 Å². The second-order valence-electron chi connectivity index (χ2n) is 6.38. The van der Waals surface area contributed by atoms with Crippen LogP contribution in [0.1, 0.15) is 50.6 Å². The highest BCUT2D eigenvalue weighted by molar-refractivity contribution is 5.84. The number of rotatable bonds is 3. The molecular formula is C17H26N2O. The molecule has 1 amide bonds. The van der Waals surface area contributed by atoms with Crippen LogP contribution in [-0.4, -0.2) is 22.9 Å². The van der Waals surface area contributed by atoms with E-state index in [9.17, 15) is 4.79 Å². The number of aryl methyl sites for hydroxylation is 2. The summed E-state index contributed by atoms with van der Waals surface area (Å²) in [5, 5.41) is 3.44. The maximum atomic E-state index is 12.5. The van der Waals surface area contributed by atoms with Gasteiger partial charge in [-0.05, 0) is 44.7 Å². The maximum Gasteiger partial charge on any atom is 0.241 e. The molecule has 0 bridgehead atoms. The van der Waals surface area contributed by atoms with Crippen molar-refractivity contribution >= 4 is 5.91 Å². The molecule has 20 heavy (non-hydrogen) atoms. The van der Waals surface area contributed by atoms with Gasteiger partial charge in [0.15, 0.2) is 0 Å². The molecule has 3 nitrogen and oxygen atoms in total. The Balaban J connectivity index is 2.40. The van der Waals surface area contributed by atoms with Gasteiger partial charge in [-0.25, -0.2) is 0 Å². The molecule has 2 rings (SSSR count). The number of hydrogen-bond acceptors (Lipinski definition) is 2. The van der Waals surface area contributed by atoms with Crippen molar-refractivity contribution in [1.29, 1.82) is 0 Å². The van der Waals surface area contributed by atoms with Crippen molar-refractivity contribution in [2.75, 3.05) is 0 Å². The largest absolute Gasteiger partial charge is 0.319 e. The van der Waals surface area contributed by atoms with Crippen LogP contribution in [0.2, 0.25) is 0 Å². The third-order valence-electron chi connectivity index (χ3n) is 4.43. The first-order valence-corrected chi connectivity index (χ1v) is 7.48. The fourth-order valence-corrected chi connectivity index (χ4v) is 2.87. The van der Waals surface area contributed by atoms with Crippen LogP contribution in [0, 0.1) is 19.8 Å². The van der Waals surface area contributed by atoms with Crippen LogP contribution >= 0.6 is 0 Å². The summed E-state index contributed by atoms with van der Waals surface area (Å²) in [6.45, 7) is 12.6. The molecule has 1 aromatic carbocycles. The fourth-order valence-electron chi connectivity index (χ4n) is 2.87. The molecule has 1 saturated heterocycles. The van der Waals surface area contributed by atoms with Crippen molar-refractivity contribution in [3.63, 3.8) is 0 Å². The standard InChI is InChI=1S/C17H26N2O/c1-10(2)14(6)19-16(18-13(5)17(19)20)15-8-7-11(3)9-12(15)4/h7-10,13-14,16,18H,1-6H3. The van der Waals surface area contributed by atoms with Gasteiger partial charge in [-0.2, -0.15) is 0 Å². The number of carbonyl (C=O) groups is 1. The highest BCUT2D eigenvalue weighted by Crippen LogP contribution is 2.31. The molecule has 1 aliphatic rings. The fraction of sp³-hybridized carbons (Fsp3) is 0.588. The zero-order chi connectivity index (χ0) is 15.0. The first-order chi connectivity index (χ1) is 9.32. The van der Waals surface area contributed by atoms with E-state index < -0.39 is 0 Å². The van der Waals surface area contributed by atoms with E-state index in [4.69, 9.17) is 0 Å². The average Bonchev–Trinajstić information content (AvgIpc) is 2.64. The summed E-state index contributed by atoms with van der Waals surface area (Å²) in [4.78, 5) is 14.5. The van der Waals surface area contributed by atoms with E-state index in [2.05, 4.69) is 58.1 Å². The van der Waals surface area contributed by atoms with Crippen molar-refractivity contribution in [1.82, 2.24) is 10.2 Å². The Bertz CT molecular complexity index is 510. The normalized spacial score (nSPS) is 24.6. The topological polar surface area (TPSA) is 32.3 Å². The minimum absolute atomic E-state index is 0.00417. The van der Waals surface area contributed by atoms with Crippen molar-refractivity contribution in [2.24, 2.45) is 5.92 Å². The SMILES string of the molecule is Cc1ccc(C2NC(C)C(=O)N2C(C)C(C)C)c(C)c1. The molecule has 1 aromatic rings.